The molecule has 0 amide bonds. The fourth-order valence-electron chi connectivity index (χ4n) is 3.79. The highest BCUT2D eigenvalue weighted by molar-refractivity contribution is 6.15. The molecule has 0 bridgehead atoms. The van der Waals surface area contributed by atoms with Crippen LogP contribution in [0.3, 0.4) is 0 Å². The standard InChI is InChI=1S/C27H28N2O3/c1-6-9-10-11-20(7-2)27(31)22-13-15-26-24(17-22)23-16-21(18(4)28-32-19(5)30)12-14-25(23)29(26)8-3/h6,9-17H,1,7-8H2,2-5H3/b10-9-,20-11+,28-18-. The monoisotopic (exact) mass is 428 g/mol. The van der Waals surface area contributed by atoms with Crippen molar-refractivity contribution < 1.29 is 14.4 Å². The van der Waals surface area contributed by atoms with Gasteiger partial charge in [-0.25, -0.2) is 4.79 Å². The largest absolute Gasteiger partial charge is 0.341 e. The molecule has 0 radical (unpaired) electrons. The Balaban J connectivity index is 2.16. The molecule has 0 fully saturated rings. The van der Waals surface area contributed by atoms with Crippen LogP contribution < -0.4 is 0 Å². The van der Waals surface area contributed by atoms with E-state index in [1.54, 1.807) is 13.0 Å². The fourth-order valence-corrected chi connectivity index (χ4v) is 3.79. The van der Waals surface area contributed by atoms with Crippen molar-refractivity contribution >= 4 is 39.3 Å². The lowest BCUT2D eigenvalue weighted by atomic mass is 9.98. The van der Waals surface area contributed by atoms with Crippen molar-refractivity contribution in [1.29, 1.82) is 0 Å². The first-order valence-corrected chi connectivity index (χ1v) is 10.7. The normalized spacial score (nSPS) is 12.6. The van der Waals surface area contributed by atoms with Crippen LogP contribution in [0.25, 0.3) is 21.8 Å². The summed E-state index contributed by atoms with van der Waals surface area (Å²) in [7, 11) is 0. The lowest BCUT2D eigenvalue weighted by Crippen LogP contribution is -2.02. The predicted octanol–water partition coefficient (Wildman–Crippen LogP) is 6.36. The van der Waals surface area contributed by atoms with Crippen LogP contribution in [0.4, 0.5) is 0 Å². The number of hydrogen-bond acceptors (Lipinski definition) is 4. The van der Waals surface area contributed by atoms with E-state index in [9.17, 15) is 9.59 Å². The number of hydrogen-bond donors (Lipinski definition) is 0. The maximum atomic E-state index is 13.1. The zero-order valence-corrected chi connectivity index (χ0v) is 19.0. The molecule has 32 heavy (non-hydrogen) atoms. The lowest BCUT2D eigenvalue weighted by Gasteiger charge is -2.05. The summed E-state index contributed by atoms with van der Waals surface area (Å²) in [5, 5.41) is 5.94. The van der Waals surface area contributed by atoms with E-state index in [2.05, 4.69) is 23.2 Å². The second-order valence-corrected chi connectivity index (χ2v) is 7.46. The molecule has 3 rings (SSSR count). The number of oxime groups is 1. The van der Waals surface area contributed by atoms with Crippen molar-refractivity contribution in [3.63, 3.8) is 0 Å². The van der Waals surface area contributed by atoms with Crippen molar-refractivity contribution in [3.8, 4) is 0 Å². The second-order valence-electron chi connectivity index (χ2n) is 7.46. The summed E-state index contributed by atoms with van der Waals surface area (Å²) in [6, 6.07) is 11.9. The molecule has 0 atom stereocenters. The number of fused-ring (bicyclic) bond motifs is 3. The molecule has 1 aromatic heterocycles. The number of carbonyl (C=O) groups is 2. The van der Waals surface area contributed by atoms with Crippen LogP contribution >= 0.6 is 0 Å². The van der Waals surface area contributed by atoms with Crippen LogP contribution in [0.1, 0.15) is 50.0 Å². The zero-order chi connectivity index (χ0) is 23.3. The Kier molecular flexibility index (Phi) is 7.21. The van der Waals surface area contributed by atoms with Crippen molar-refractivity contribution in [2.45, 2.75) is 40.7 Å². The van der Waals surface area contributed by atoms with Gasteiger partial charge in [0.05, 0.1) is 5.71 Å². The van der Waals surface area contributed by atoms with Crippen molar-refractivity contribution in [3.05, 3.63) is 84.0 Å². The lowest BCUT2D eigenvalue weighted by molar-refractivity contribution is -0.140. The summed E-state index contributed by atoms with van der Waals surface area (Å²) in [4.78, 5) is 29.0. The summed E-state index contributed by atoms with van der Waals surface area (Å²) in [5.74, 6) is -0.442. The fraction of sp³-hybridized carbons (Fsp3) is 0.222. The summed E-state index contributed by atoms with van der Waals surface area (Å²) >= 11 is 0. The number of benzene rings is 2. The van der Waals surface area contributed by atoms with Gasteiger partial charge in [-0.15, -0.1) is 0 Å². The van der Waals surface area contributed by atoms with Crippen LogP contribution in [0.15, 0.2) is 78.0 Å². The molecule has 2 aromatic carbocycles. The van der Waals surface area contributed by atoms with Crippen LogP contribution in [0.2, 0.25) is 0 Å². The molecule has 0 unspecified atom stereocenters. The Labute approximate surface area is 188 Å². The van der Waals surface area contributed by atoms with E-state index >= 15 is 0 Å². The van der Waals surface area contributed by atoms with Crippen LogP contribution in [-0.4, -0.2) is 22.0 Å². The summed E-state index contributed by atoms with van der Waals surface area (Å²) in [5.41, 5.74) is 5.01. The number of allylic oxidation sites excluding steroid dienone is 5. The van der Waals surface area contributed by atoms with Crippen LogP contribution in [0.5, 0.6) is 0 Å². The van der Waals surface area contributed by atoms with Gasteiger partial charge in [-0.05, 0) is 61.7 Å². The summed E-state index contributed by atoms with van der Waals surface area (Å²) in [6.45, 7) is 11.7. The zero-order valence-electron chi connectivity index (χ0n) is 19.0. The molecule has 0 saturated carbocycles. The Morgan fingerprint density at radius 3 is 2.19 bits per heavy atom. The average Bonchev–Trinajstić information content (AvgIpc) is 3.12. The Bertz CT molecular complexity index is 1290. The number of carbonyl (C=O) groups excluding carboxylic acids is 2. The van der Waals surface area contributed by atoms with E-state index in [0.717, 1.165) is 39.5 Å². The number of rotatable bonds is 8. The molecule has 0 saturated heterocycles. The number of nitrogens with zero attached hydrogens (tertiary/aromatic N) is 2. The first-order chi connectivity index (χ1) is 15.4. The molecule has 5 nitrogen and oxygen atoms in total. The van der Waals surface area contributed by atoms with Crippen LogP contribution in [0, 0.1) is 0 Å². The second kappa shape index (κ2) is 10.1. The summed E-state index contributed by atoms with van der Waals surface area (Å²) in [6.07, 6.45) is 7.82. The maximum absolute atomic E-state index is 13.1. The van der Waals surface area contributed by atoms with Crippen molar-refractivity contribution in [2.75, 3.05) is 0 Å². The molecule has 5 heteroatoms. The van der Waals surface area contributed by atoms with Gasteiger partial charge in [0.25, 0.3) is 0 Å². The molecule has 0 aliphatic rings. The predicted molar refractivity (Wildman–Crippen MR) is 131 cm³/mol. The van der Waals surface area contributed by atoms with Gasteiger partial charge in [-0.3, -0.25) is 4.79 Å². The quantitative estimate of drug-likeness (QED) is 0.105. The topological polar surface area (TPSA) is 60.7 Å². The highest BCUT2D eigenvalue weighted by Crippen LogP contribution is 2.31. The van der Waals surface area contributed by atoms with Gasteiger partial charge in [0.2, 0.25) is 0 Å². The first kappa shape index (κ1) is 22.9. The SMILES string of the molecule is C=C/C=C\C=C(/CC)C(=O)c1ccc2c(c1)c1cc(/C(C)=N\OC(C)=O)ccc1n2CC. The van der Waals surface area contributed by atoms with E-state index in [4.69, 9.17) is 4.84 Å². The minimum Gasteiger partial charge on any atom is -0.341 e. The average molecular weight is 429 g/mol. The van der Waals surface area contributed by atoms with E-state index in [0.29, 0.717) is 17.7 Å². The molecule has 0 spiro atoms. The number of ketones is 1. The van der Waals surface area contributed by atoms with Gasteiger partial charge < -0.3 is 9.40 Å². The van der Waals surface area contributed by atoms with Gasteiger partial charge in [0.15, 0.2) is 5.78 Å². The van der Waals surface area contributed by atoms with Gasteiger partial charge in [-0.2, -0.15) is 0 Å². The van der Waals surface area contributed by atoms with Crippen LogP contribution in [-0.2, 0) is 16.2 Å². The number of Topliss-reactive ketones (excluding diaryl/α,β-unsaturated/α-hetero) is 1. The Hall–Kier alpha value is -3.73. The maximum Gasteiger partial charge on any atom is 0.331 e. The van der Waals surface area contributed by atoms with E-state index in [1.165, 1.54) is 6.92 Å². The van der Waals surface area contributed by atoms with Gasteiger partial charge in [-0.1, -0.05) is 49.0 Å². The number of aromatic nitrogens is 1. The summed E-state index contributed by atoms with van der Waals surface area (Å²) < 4.78 is 2.23. The van der Waals surface area contributed by atoms with Gasteiger partial charge in [0, 0.05) is 40.8 Å². The Morgan fingerprint density at radius 1 is 1.00 bits per heavy atom. The number of aryl methyl sites for hydroxylation is 1. The molecule has 0 N–H and O–H groups in total. The third-order valence-electron chi connectivity index (χ3n) is 5.39. The highest BCUT2D eigenvalue weighted by Gasteiger charge is 2.16. The highest BCUT2D eigenvalue weighted by atomic mass is 16.7. The van der Waals surface area contributed by atoms with Crippen molar-refractivity contribution in [2.24, 2.45) is 5.16 Å². The van der Waals surface area contributed by atoms with E-state index in [1.807, 2.05) is 61.5 Å². The minimum atomic E-state index is -0.459. The molecular weight excluding hydrogens is 400 g/mol. The molecule has 0 aliphatic heterocycles. The van der Waals surface area contributed by atoms with Gasteiger partial charge in [0.1, 0.15) is 0 Å². The molecule has 3 aromatic rings. The van der Waals surface area contributed by atoms with Crippen molar-refractivity contribution in [1.82, 2.24) is 4.57 Å². The minimum absolute atomic E-state index is 0.0178. The molecule has 1 heterocycles. The molecular formula is C27H28N2O3. The van der Waals surface area contributed by atoms with Gasteiger partial charge >= 0.3 is 5.97 Å². The Morgan fingerprint density at radius 2 is 1.62 bits per heavy atom. The third kappa shape index (κ3) is 4.62. The molecule has 0 aliphatic carbocycles. The van der Waals surface area contributed by atoms with E-state index < -0.39 is 5.97 Å². The third-order valence-corrected chi connectivity index (χ3v) is 5.39. The smallest absolute Gasteiger partial charge is 0.331 e. The van der Waals surface area contributed by atoms with E-state index in [-0.39, 0.29) is 5.78 Å². The molecule has 164 valence electrons. The first-order valence-electron chi connectivity index (χ1n) is 10.7.